The molecule has 0 aliphatic rings. The first-order chi connectivity index (χ1) is 15.3. The maximum absolute atomic E-state index is 4.49. The van der Waals surface area contributed by atoms with Gasteiger partial charge in [0.25, 0.3) is 0 Å². The maximum Gasteiger partial charge on any atom is 0.0855 e. The van der Waals surface area contributed by atoms with Crippen molar-refractivity contribution in [1.82, 2.24) is 0 Å². The molecule has 2 nitrogen and oxygen atoms in total. The molecule has 2 heteroatoms. The first-order valence-corrected chi connectivity index (χ1v) is 12.9. The van der Waals surface area contributed by atoms with Crippen LogP contribution in [0.3, 0.4) is 0 Å². The summed E-state index contributed by atoms with van der Waals surface area (Å²) in [4.78, 5) is 0. The van der Waals surface area contributed by atoms with Crippen LogP contribution in [0.25, 0.3) is 0 Å². The van der Waals surface area contributed by atoms with Crippen molar-refractivity contribution in [1.29, 1.82) is 0 Å². The van der Waals surface area contributed by atoms with E-state index < -0.39 is 0 Å². The van der Waals surface area contributed by atoms with Crippen LogP contribution >= 0.6 is 0 Å². The summed E-state index contributed by atoms with van der Waals surface area (Å²) >= 11 is 0. The highest BCUT2D eigenvalue weighted by atomic mass is 15.1. The smallest absolute Gasteiger partial charge is 0.0855 e. The Kier molecular flexibility index (Phi) is 13.6. The Morgan fingerprint density at radius 3 is 1.71 bits per heavy atom. The highest BCUT2D eigenvalue weighted by Crippen LogP contribution is 2.18. The van der Waals surface area contributed by atoms with E-state index in [2.05, 4.69) is 72.6 Å². The summed E-state index contributed by atoms with van der Waals surface area (Å²) in [5.41, 5.74) is 5.05. The summed E-state index contributed by atoms with van der Waals surface area (Å²) in [6, 6.07) is 17.5. The van der Waals surface area contributed by atoms with Crippen LogP contribution < -0.4 is 0 Å². The molecule has 2 aromatic rings. The number of rotatable bonds is 17. The van der Waals surface area contributed by atoms with Crippen molar-refractivity contribution >= 4 is 5.69 Å². The van der Waals surface area contributed by atoms with Gasteiger partial charge in [0.2, 0.25) is 0 Å². The van der Waals surface area contributed by atoms with Crippen LogP contribution in [0, 0.1) is 0 Å². The van der Waals surface area contributed by atoms with Crippen LogP contribution in [-0.2, 0) is 19.4 Å². The fraction of sp³-hybridized carbons (Fsp3) is 0.586. The van der Waals surface area contributed by atoms with Crippen molar-refractivity contribution in [3.63, 3.8) is 0 Å². The zero-order valence-corrected chi connectivity index (χ0v) is 20.1. The van der Waals surface area contributed by atoms with Crippen LogP contribution in [0.4, 0.5) is 5.69 Å². The van der Waals surface area contributed by atoms with Gasteiger partial charge < -0.3 is 0 Å². The minimum absolute atomic E-state index is 0.659. The second-order valence-electron chi connectivity index (χ2n) is 8.92. The van der Waals surface area contributed by atoms with Gasteiger partial charge >= 0.3 is 0 Å². The van der Waals surface area contributed by atoms with Gasteiger partial charge in [0, 0.05) is 0 Å². The monoisotopic (exact) mass is 420 g/mol. The molecule has 0 atom stereocenters. The lowest BCUT2D eigenvalue weighted by molar-refractivity contribution is 0.607. The molecule has 0 N–H and O–H groups in total. The summed E-state index contributed by atoms with van der Waals surface area (Å²) in [6.45, 7) is 5.20. The Morgan fingerprint density at radius 2 is 1.06 bits per heavy atom. The predicted octanol–water partition coefficient (Wildman–Crippen LogP) is 9.78. The summed E-state index contributed by atoms with van der Waals surface area (Å²) in [5.74, 6) is 0. The van der Waals surface area contributed by atoms with Gasteiger partial charge in [0.05, 0.1) is 12.2 Å². The van der Waals surface area contributed by atoms with Gasteiger partial charge in [-0.15, -0.1) is 0 Å². The summed E-state index contributed by atoms with van der Waals surface area (Å²) in [5, 5.41) is 8.97. The minimum atomic E-state index is 0.659. The number of hydrogen-bond donors (Lipinski definition) is 0. The summed E-state index contributed by atoms with van der Waals surface area (Å²) in [7, 11) is 0. The summed E-state index contributed by atoms with van der Waals surface area (Å²) < 4.78 is 0. The van der Waals surface area contributed by atoms with Gasteiger partial charge in [0.15, 0.2) is 0 Å². The molecule has 0 saturated heterocycles. The van der Waals surface area contributed by atoms with Crippen LogP contribution in [0.5, 0.6) is 0 Å². The Morgan fingerprint density at radius 1 is 0.548 bits per heavy atom. The standard InChI is InChI=1S/C29H44N2/c1-3-5-7-9-11-13-17-26-19-15-21-28(23-26)25-30-31-29-22-16-20-27(24-29)18-14-12-10-8-6-4-2/h15-16,19-24H,3-14,17-18,25H2,1-2H3. The molecule has 0 fully saturated rings. The highest BCUT2D eigenvalue weighted by molar-refractivity contribution is 5.39. The molecule has 170 valence electrons. The van der Waals surface area contributed by atoms with Crippen molar-refractivity contribution in [3.8, 4) is 0 Å². The van der Waals surface area contributed by atoms with Gasteiger partial charge in [-0.25, -0.2) is 0 Å². The Bertz CT molecular complexity index is 735. The molecule has 0 bridgehead atoms. The lowest BCUT2D eigenvalue weighted by atomic mass is 10.0. The predicted molar refractivity (Wildman–Crippen MR) is 135 cm³/mol. The van der Waals surface area contributed by atoms with Crippen molar-refractivity contribution in [3.05, 3.63) is 65.2 Å². The number of benzene rings is 2. The molecule has 0 aliphatic carbocycles. The third kappa shape index (κ3) is 11.9. The molecule has 0 heterocycles. The van der Waals surface area contributed by atoms with Crippen molar-refractivity contribution in [2.75, 3.05) is 0 Å². The zero-order valence-electron chi connectivity index (χ0n) is 20.1. The lowest BCUT2D eigenvalue weighted by Gasteiger charge is -2.04. The molecule has 0 spiro atoms. The average molecular weight is 421 g/mol. The van der Waals surface area contributed by atoms with Gasteiger partial charge in [-0.2, -0.15) is 10.2 Å². The van der Waals surface area contributed by atoms with Crippen molar-refractivity contribution in [2.24, 2.45) is 10.2 Å². The van der Waals surface area contributed by atoms with Crippen molar-refractivity contribution in [2.45, 2.75) is 110 Å². The second-order valence-corrected chi connectivity index (χ2v) is 8.92. The molecule has 0 saturated carbocycles. The molecular weight excluding hydrogens is 376 g/mol. The quantitative estimate of drug-likeness (QED) is 0.180. The number of azo groups is 1. The Balaban J connectivity index is 1.72. The maximum atomic E-state index is 4.49. The number of aryl methyl sites for hydroxylation is 2. The molecule has 0 aliphatic heterocycles. The first kappa shape index (κ1) is 25.3. The van der Waals surface area contributed by atoms with E-state index in [-0.39, 0.29) is 0 Å². The normalized spacial score (nSPS) is 11.4. The van der Waals surface area contributed by atoms with Crippen LogP contribution in [0.15, 0.2) is 58.8 Å². The topological polar surface area (TPSA) is 24.7 Å². The Labute approximate surface area is 191 Å². The fourth-order valence-electron chi connectivity index (χ4n) is 4.08. The van der Waals surface area contributed by atoms with Crippen LogP contribution in [0.2, 0.25) is 0 Å². The minimum Gasteiger partial charge on any atom is -0.184 e. The fourth-order valence-corrected chi connectivity index (χ4v) is 4.08. The van der Waals surface area contributed by atoms with E-state index in [1.54, 1.807) is 0 Å². The number of nitrogens with zero attached hydrogens (tertiary/aromatic N) is 2. The lowest BCUT2D eigenvalue weighted by Crippen LogP contribution is -1.89. The van der Waals surface area contributed by atoms with Crippen LogP contribution in [-0.4, -0.2) is 0 Å². The van der Waals surface area contributed by atoms with Gasteiger partial charge in [-0.1, -0.05) is 114 Å². The van der Waals surface area contributed by atoms with E-state index in [0.29, 0.717) is 6.54 Å². The van der Waals surface area contributed by atoms with E-state index in [1.165, 1.54) is 100 Å². The van der Waals surface area contributed by atoms with E-state index in [4.69, 9.17) is 0 Å². The van der Waals surface area contributed by atoms with E-state index in [9.17, 15) is 0 Å². The third-order valence-corrected chi connectivity index (χ3v) is 5.98. The van der Waals surface area contributed by atoms with E-state index in [1.807, 2.05) is 0 Å². The SMILES string of the molecule is CCCCCCCCc1cccc(CN=Nc2cccc(CCCCCCCC)c2)c1. The molecule has 0 unspecified atom stereocenters. The second kappa shape index (κ2) is 16.7. The Hall–Kier alpha value is -1.96. The molecule has 2 rings (SSSR count). The third-order valence-electron chi connectivity index (χ3n) is 5.98. The van der Waals surface area contributed by atoms with Gasteiger partial charge in [-0.05, 0) is 54.5 Å². The molecular formula is C29H44N2. The molecule has 31 heavy (non-hydrogen) atoms. The van der Waals surface area contributed by atoms with Gasteiger partial charge in [-0.3, -0.25) is 0 Å². The van der Waals surface area contributed by atoms with E-state index >= 15 is 0 Å². The first-order valence-electron chi connectivity index (χ1n) is 12.9. The average Bonchev–Trinajstić information content (AvgIpc) is 2.79. The summed E-state index contributed by atoms with van der Waals surface area (Å²) in [6.07, 6.45) is 18.5. The zero-order chi connectivity index (χ0) is 22.0. The molecule has 0 radical (unpaired) electrons. The van der Waals surface area contributed by atoms with Gasteiger partial charge in [0.1, 0.15) is 0 Å². The van der Waals surface area contributed by atoms with E-state index in [0.717, 1.165) is 12.1 Å². The largest absolute Gasteiger partial charge is 0.184 e. The molecule has 2 aromatic carbocycles. The van der Waals surface area contributed by atoms with Crippen molar-refractivity contribution < 1.29 is 0 Å². The number of unbranched alkanes of at least 4 members (excludes halogenated alkanes) is 10. The highest BCUT2D eigenvalue weighted by Gasteiger charge is 1.99. The molecule has 0 aromatic heterocycles. The molecule has 0 amide bonds. The number of hydrogen-bond acceptors (Lipinski definition) is 2. The van der Waals surface area contributed by atoms with Crippen LogP contribution in [0.1, 0.15) is 108 Å².